The number of hydrogen-bond donors (Lipinski definition) is 0. The molecule has 2 aromatic carbocycles. The van der Waals surface area contributed by atoms with E-state index in [-0.39, 0.29) is 11.5 Å². The van der Waals surface area contributed by atoms with Crippen molar-refractivity contribution in [1.29, 1.82) is 0 Å². The second kappa shape index (κ2) is 10.5. The van der Waals surface area contributed by atoms with Gasteiger partial charge in [-0.05, 0) is 43.4 Å². The van der Waals surface area contributed by atoms with Crippen LogP contribution >= 0.6 is 0 Å². The lowest BCUT2D eigenvalue weighted by atomic mass is 9.93. The number of morpholine rings is 1. The molecular weight excluding hydrogens is 428 g/mol. The highest BCUT2D eigenvalue weighted by molar-refractivity contribution is 6.04. The van der Waals surface area contributed by atoms with Crippen LogP contribution in [0.4, 0.5) is 0 Å². The first-order chi connectivity index (χ1) is 16.7. The number of piperidine rings is 1. The number of amides is 1. The average molecular weight is 461 g/mol. The Morgan fingerprint density at radius 1 is 0.912 bits per heavy atom. The molecule has 7 heteroatoms. The summed E-state index contributed by atoms with van der Waals surface area (Å²) in [6.07, 6.45) is 3.19. The van der Waals surface area contributed by atoms with Crippen molar-refractivity contribution in [2.24, 2.45) is 5.92 Å². The van der Waals surface area contributed by atoms with Gasteiger partial charge in [-0.2, -0.15) is 5.10 Å². The maximum absolute atomic E-state index is 13.6. The topological polar surface area (TPSA) is 67.7 Å². The molecule has 5 rings (SSSR count). The normalized spacial score (nSPS) is 17.8. The van der Waals surface area contributed by atoms with Crippen molar-refractivity contribution in [2.45, 2.75) is 25.8 Å². The lowest BCUT2D eigenvalue weighted by molar-refractivity contribution is 0.0332. The Morgan fingerprint density at radius 2 is 1.59 bits per heavy atom. The summed E-state index contributed by atoms with van der Waals surface area (Å²) in [7, 11) is 0. The molecule has 0 spiro atoms. The molecule has 34 heavy (non-hydrogen) atoms. The molecule has 2 saturated heterocycles. The second-order valence-corrected chi connectivity index (χ2v) is 9.32. The second-order valence-electron chi connectivity index (χ2n) is 9.32. The van der Waals surface area contributed by atoms with E-state index < -0.39 is 0 Å². The van der Waals surface area contributed by atoms with E-state index in [1.165, 1.54) is 11.1 Å². The van der Waals surface area contributed by atoms with E-state index in [9.17, 15) is 9.59 Å². The van der Waals surface area contributed by atoms with Gasteiger partial charge in [0.15, 0.2) is 5.69 Å². The number of nitrogens with zero attached hydrogens (tertiary/aromatic N) is 4. The number of rotatable bonds is 6. The fraction of sp³-hybridized carbons (Fsp3) is 0.444. The summed E-state index contributed by atoms with van der Waals surface area (Å²) >= 11 is 0. The number of fused-ring (bicyclic) bond motifs is 1. The first-order valence-electron chi connectivity index (χ1n) is 12.3. The molecule has 2 aliphatic rings. The van der Waals surface area contributed by atoms with Crippen molar-refractivity contribution >= 4 is 16.7 Å². The Kier molecular flexibility index (Phi) is 7.02. The van der Waals surface area contributed by atoms with Gasteiger partial charge in [0, 0.05) is 31.6 Å². The van der Waals surface area contributed by atoms with E-state index in [2.05, 4.69) is 10.00 Å². The zero-order valence-corrected chi connectivity index (χ0v) is 19.6. The number of carbonyl (C=O) groups is 1. The third-order valence-electron chi connectivity index (χ3n) is 7.10. The Morgan fingerprint density at radius 3 is 2.32 bits per heavy atom. The first-order valence-corrected chi connectivity index (χ1v) is 12.3. The SMILES string of the molecule is O=C(c1nn(Cc2ccccc2)c(=O)c2ccccc12)N1CCC(CCN2CCOCC2)CC1. The number of likely N-dealkylation sites (tertiary alicyclic amines) is 1. The zero-order valence-electron chi connectivity index (χ0n) is 19.6. The summed E-state index contributed by atoms with van der Waals surface area (Å²) in [6, 6.07) is 17.1. The summed E-state index contributed by atoms with van der Waals surface area (Å²) in [5.41, 5.74) is 1.18. The minimum Gasteiger partial charge on any atom is -0.379 e. The Hall–Kier alpha value is -3.03. The van der Waals surface area contributed by atoms with E-state index in [4.69, 9.17) is 4.74 Å². The van der Waals surface area contributed by atoms with Crippen LogP contribution in [0.1, 0.15) is 35.3 Å². The van der Waals surface area contributed by atoms with Crippen LogP contribution in [0.5, 0.6) is 0 Å². The van der Waals surface area contributed by atoms with Crippen molar-refractivity contribution in [3.8, 4) is 0 Å². The molecular formula is C27H32N4O3. The van der Waals surface area contributed by atoms with Crippen molar-refractivity contribution in [3.63, 3.8) is 0 Å². The number of hydrogen-bond acceptors (Lipinski definition) is 5. The first kappa shape index (κ1) is 22.7. The summed E-state index contributed by atoms with van der Waals surface area (Å²) in [5.74, 6) is 0.563. The van der Waals surface area contributed by atoms with Gasteiger partial charge in [0.1, 0.15) is 0 Å². The van der Waals surface area contributed by atoms with Gasteiger partial charge in [0.25, 0.3) is 11.5 Å². The Bertz CT molecular complexity index is 1180. The predicted octanol–water partition coefficient (Wildman–Crippen LogP) is 3.02. The van der Waals surface area contributed by atoms with Crippen LogP contribution in [0.3, 0.4) is 0 Å². The quantitative estimate of drug-likeness (QED) is 0.566. The minimum absolute atomic E-state index is 0.0790. The molecule has 7 nitrogen and oxygen atoms in total. The fourth-order valence-electron chi connectivity index (χ4n) is 5.02. The van der Waals surface area contributed by atoms with Crippen molar-refractivity contribution in [2.75, 3.05) is 45.9 Å². The molecule has 1 aromatic heterocycles. The number of carbonyl (C=O) groups excluding carboxylic acids is 1. The molecule has 2 fully saturated rings. The molecule has 0 bridgehead atoms. The van der Waals surface area contributed by atoms with Crippen LogP contribution in [-0.2, 0) is 11.3 Å². The van der Waals surface area contributed by atoms with Gasteiger partial charge >= 0.3 is 0 Å². The lowest BCUT2D eigenvalue weighted by Crippen LogP contribution is -2.41. The molecule has 0 N–H and O–H groups in total. The minimum atomic E-state index is -0.169. The molecule has 0 radical (unpaired) electrons. The van der Waals surface area contributed by atoms with E-state index >= 15 is 0 Å². The third kappa shape index (κ3) is 5.05. The van der Waals surface area contributed by atoms with E-state index in [0.717, 1.165) is 64.3 Å². The fourth-order valence-corrected chi connectivity index (χ4v) is 5.02. The van der Waals surface area contributed by atoms with Crippen LogP contribution < -0.4 is 5.56 Å². The highest BCUT2D eigenvalue weighted by atomic mass is 16.5. The standard InChI is InChI=1S/C27H32N4O3/c32-26-24-9-5-4-8-23(24)25(28-31(26)20-22-6-2-1-3-7-22)27(33)30-14-11-21(12-15-30)10-13-29-16-18-34-19-17-29/h1-9,21H,10-20H2. The van der Waals surface area contributed by atoms with Gasteiger partial charge in [-0.15, -0.1) is 0 Å². The average Bonchev–Trinajstić information content (AvgIpc) is 2.90. The lowest BCUT2D eigenvalue weighted by Gasteiger charge is -2.34. The van der Waals surface area contributed by atoms with Crippen LogP contribution in [0.2, 0.25) is 0 Å². The maximum Gasteiger partial charge on any atom is 0.274 e. The van der Waals surface area contributed by atoms with Crippen LogP contribution in [0, 0.1) is 5.92 Å². The molecule has 1 amide bonds. The molecule has 0 atom stereocenters. The van der Waals surface area contributed by atoms with E-state index in [1.807, 2.05) is 53.4 Å². The maximum atomic E-state index is 13.6. The number of benzene rings is 2. The molecule has 0 saturated carbocycles. The highest BCUT2D eigenvalue weighted by Crippen LogP contribution is 2.24. The molecule has 3 aromatic rings. The molecule has 178 valence electrons. The molecule has 2 aliphatic heterocycles. The van der Waals surface area contributed by atoms with Gasteiger partial charge in [-0.1, -0.05) is 48.5 Å². The van der Waals surface area contributed by atoms with Crippen LogP contribution in [0.25, 0.3) is 10.8 Å². The smallest absolute Gasteiger partial charge is 0.274 e. The summed E-state index contributed by atoms with van der Waals surface area (Å²) in [6.45, 7) is 6.64. The number of ether oxygens (including phenoxy) is 1. The van der Waals surface area contributed by atoms with Crippen LogP contribution in [-0.4, -0.2) is 71.4 Å². The molecule has 0 unspecified atom stereocenters. The van der Waals surface area contributed by atoms with Gasteiger partial charge < -0.3 is 9.64 Å². The van der Waals surface area contributed by atoms with Gasteiger partial charge in [0.05, 0.1) is 25.1 Å². The summed E-state index contributed by atoms with van der Waals surface area (Å²) in [4.78, 5) is 31.1. The monoisotopic (exact) mass is 460 g/mol. The van der Waals surface area contributed by atoms with E-state index in [0.29, 0.717) is 28.9 Å². The van der Waals surface area contributed by atoms with Crippen LogP contribution in [0.15, 0.2) is 59.4 Å². The summed E-state index contributed by atoms with van der Waals surface area (Å²) < 4.78 is 6.87. The Balaban J connectivity index is 1.31. The van der Waals surface area contributed by atoms with Crippen molar-refractivity contribution < 1.29 is 9.53 Å². The van der Waals surface area contributed by atoms with Crippen molar-refractivity contribution in [1.82, 2.24) is 19.6 Å². The van der Waals surface area contributed by atoms with E-state index in [1.54, 1.807) is 6.07 Å². The van der Waals surface area contributed by atoms with Gasteiger partial charge in [-0.25, -0.2) is 4.68 Å². The summed E-state index contributed by atoms with van der Waals surface area (Å²) in [5, 5.41) is 5.76. The molecule has 3 heterocycles. The van der Waals surface area contributed by atoms with Gasteiger partial charge in [0.2, 0.25) is 0 Å². The molecule has 0 aliphatic carbocycles. The van der Waals surface area contributed by atoms with Crippen molar-refractivity contribution in [3.05, 3.63) is 76.2 Å². The number of aromatic nitrogens is 2. The van der Waals surface area contributed by atoms with Gasteiger partial charge in [-0.3, -0.25) is 14.5 Å². The predicted molar refractivity (Wildman–Crippen MR) is 132 cm³/mol. The third-order valence-corrected chi connectivity index (χ3v) is 7.10. The zero-order chi connectivity index (χ0) is 23.3. The largest absolute Gasteiger partial charge is 0.379 e. The Labute approximate surface area is 199 Å². The highest BCUT2D eigenvalue weighted by Gasteiger charge is 2.27.